The summed E-state index contributed by atoms with van der Waals surface area (Å²) < 4.78 is 19.4. The minimum absolute atomic E-state index is 0.0204. The number of aromatic nitrogens is 1. The Balaban J connectivity index is 1.77. The summed E-state index contributed by atoms with van der Waals surface area (Å²) in [5, 5.41) is 7.18. The van der Waals surface area contributed by atoms with E-state index in [4.69, 9.17) is 4.52 Å². The van der Waals surface area contributed by atoms with E-state index in [-0.39, 0.29) is 18.0 Å². The van der Waals surface area contributed by atoms with E-state index in [1.54, 1.807) is 12.1 Å². The van der Waals surface area contributed by atoms with E-state index in [0.29, 0.717) is 15.7 Å². The van der Waals surface area contributed by atoms with Gasteiger partial charge in [-0.3, -0.25) is 4.79 Å². The molecular formula is C15H10BrFN2O2. The van der Waals surface area contributed by atoms with Gasteiger partial charge in [0.1, 0.15) is 11.5 Å². The highest BCUT2D eigenvalue weighted by atomic mass is 79.9. The van der Waals surface area contributed by atoms with Gasteiger partial charge in [-0.1, -0.05) is 33.2 Å². The second-order valence-electron chi connectivity index (χ2n) is 4.47. The number of nitrogens with one attached hydrogen (secondary N) is 1. The summed E-state index contributed by atoms with van der Waals surface area (Å²) in [5.41, 5.74) is 1.28. The Bertz CT molecular complexity index is 816. The van der Waals surface area contributed by atoms with Gasteiger partial charge < -0.3 is 9.84 Å². The van der Waals surface area contributed by atoms with Crippen LogP contribution >= 0.6 is 15.9 Å². The summed E-state index contributed by atoms with van der Waals surface area (Å²) in [7, 11) is 0. The van der Waals surface area contributed by atoms with Gasteiger partial charge >= 0.3 is 0 Å². The Morgan fingerprint density at radius 3 is 2.90 bits per heavy atom. The number of nitrogens with zero attached hydrogens (tertiary/aromatic N) is 1. The van der Waals surface area contributed by atoms with Crippen LogP contribution < -0.4 is 5.32 Å². The fourth-order valence-corrected chi connectivity index (χ4v) is 2.34. The highest BCUT2D eigenvalue weighted by Gasteiger charge is 2.13. The van der Waals surface area contributed by atoms with Crippen molar-refractivity contribution in [1.29, 1.82) is 0 Å². The maximum Gasteiger partial charge on any atom is 0.230 e. The summed E-state index contributed by atoms with van der Waals surface area (Å²) in [4.78, 5) is 12.0. The van der Waals surface area contributed by atoms with Gasteiger partial charge in [0, 0.05) is 9.86 Å². The quantitative estimate of drug-likeness (QED) is 0.780. The average molecular weight is 349 g/mol. The van der Waals surface area contributed by atoms with Crippen molar-refractivity contribution in [2.75, 3.05) is 5.32 Å². The normalized spacial score (nSPS) is 10.8. The number of fused-ring (bicyclic) bond motifs is 1. The van der Waals surface area contributed by atoms with Crippen molar-refractivity contribution in [3.63, 3.8) is 0 Å². The molecule has 21 heavy (non-hydrogen) atoms. The third-order valence-corrected chi connectivity index (χ3v) is 3.48. The standard InChI is InChI=1S/C15H10BrFN2O2/c16-9-5-6-12(11(17)7-9)18-15(20)8-13-10-3-1-2-4-14(10)21-19-13/h1-7H,8H2,(H,18,20). The number of hydrogen-bond donors (Lipinski definition) is 1. The molecule has 3 aromatic rings. The highest BCUT2D eigenvalue weighted by Crippen LogP contribution is 2.21. The third-order valence-electron chi connectivity index (χ3n) is 2.99. The lowest BCUT2D eigenvalue weighted by Crippen LogP contribution is -2.15. The van der Waals surface area contributed by atoms with Crippen LogP contribution in [0.4, 0.5) is 10.1 Å². The summed E-state index contributed by atoms with van der Waals surface area (Å²) in [6.45, 7) is 0. The fraction of sp³-hybridized carbons (Fsp3) is 0.0667. The molecule has 0 saturated heterocycles. The molecule has 1 heterocycles. The molecule has 0 aliphatic carbocycles. The van der Waals surface area contributed by atoms with Crippen LogP contribution in [-0.4, -0.2) is 11.1 Å². The van der Waals surface area contributed by atoms with E-state index in [1.807, 2.05) is 18.2 Å². The SMILES string of the molecule is O=C(Cc1noc2ccccc12)Nc1ccc(Br)cc1F. The van der Waals surface area contributed by atoms with Crippen LogP contribution in [0.3, 0.4) is 0 Å². The van der Waals surface area contributed by atoms with Crippen LogP contribution in [-0.2, 0) is 11.2 Å². The molecule has 1 aromatic heterocycles. The molecule has 0 aliphatic rings. The highest BCUT2D eigenvalue weighted by molar-refractivity contribution is 9.10. The van der Waals surface area contributed by atoms with Crippen molar-refractivity contribution in [2.24, 2.45) is 0 Å². The monoisotopic (exact) mass is 348 g/mol. The topological polar surface area (TPSA) is 55.1 Å². The van der Waals surface area contributed by atoms with Crippen LogP contribution in [0.25, 0.3) is 11.0 Å². The second kappa shape index (κ2) is 5.65. The molecule has 1 amide bonds. The van der Waals surface area contributed by atoms with Crippen molar-refractivity contribution < 1.29 is 13.7 Å². The van der Waals surface area contributed by atoms with E-state index in [9.17, 15) is 9.18 Å². The molecule has 3 rings (SSSR count). The van der Waals surface area contributed by atoms with Gasteiger partial charge in [-0.05, 0) is 30.3 Å². The average Bonchev–Trinajstić information content (AvgIpc) is 2.85. The van der Waals surface area contributed by atoms with Gasteiger partial charge in [0.15, 0.2) is 5.58 Å². The molecule has 0 aliphatic heterocycles. The molecule has 0 radical (unpaired) electrons. The predicted molar refractivity (Wildman–Crippen MR) is 80.4 cm³/mol. The molecule has 106 valence electrons. The zero-order chi connectivity index (χ0) is 14.8. The predicted octanol–water partition coefficient (Wildman–Crippen LogP) is 3.91. The Labute approximate surface area is 128 Å². The van der Waals surface area contributed by atoms with E-state index < -0.39 is 5.82 Å². The van der Waals surface area contributed by atoms with Crippen molar-refractivity contribution in [3.8, 4) is 0 Å². The lowest BCUT2D eigenvalue weighted by Gasteiger charge is -2.05. The first-order chi connectivity index (χ1) is 10.1. The van der Waals surface area contributed by atoms with Crippen LogP contribution in [0.2, 0.25) is 0 Å². The minimum atomic E-state index is -0.497. The maximum absolute atomic E-state index is 13.7. The zero-order valence-electron chi connectivity index (χ0n) is 10.8. The smallest absolute Gasteiger partial charge is 0.230 e. The molecule has 4 nitrogen and oxygen atoms in total. The molecule has 6 heteroatoms. The van der Waals surface area contributed by atoms with Crippen molar-refractivity contribution >= 4 is 38.5 Å². The molecule has 0 atom stereocenters. The number of hydrogen-bond acceptors (Lipinski definition) is 3. The first kappa shape index (κ1) is 13.8. The Hall–Kier alpha value is -2.21. The van der Waals surface area contributed by atoms with Crippen molar-refractivity contribution in [2.45, 2.75) is 6.42 Å². The van der Waals surface area contributed by atoms with Crippen LogP contribution in [0.1, 0.15) is 5.69 Å². The van der Waals surface area contributed by atoms with Gasteiger partial charge in [-0.25, -0.2) is 4.39 Å². The molecule has 0 fully saturated rings. The Morgan fingerprint density at radius 2 is 2.10 bits per heavy atom. The number of amides is 1. The van der Waals surface area contributed by atoms with Gasteiger partial charge in [0.05, 0.1) is 12.1 Å². The number of rotatable bonds is 3. The van der Waals surface area contributed by atoms with E-state index in [1.165, 1.54) is 12.1 Å². The molecular weight excluding hydrogens is 339 g/mol. The van der Waals surface area contributed by atoms with Gasteiger partial charge in [-0.15, -0.1) is 0 Å². The molecule has 1 N–H and O–H groups in total. The fourth-order valence-electron chi connectivity index (χ4n) is 2.00. The number of carbonyl (C=O) groups excluding carboxylic acids is 1. The van der Waals surface area contributed by atoms with Gasteiger partial charge in [-0.2, -0.15) is 0 Å². The van der Waals surface area contributed by atoms with Crippen molar-refractivity contribution in [1.82, 2.24) is 5.16 Å². The number of anilines is 1. The Morgan fingerprint density at radius 1 is 1.29 bits per heavy atom. The van der Waals surface area contributed by atoms with Gasteiger partial charge in [0.25, 0.3) is 0 Å². The summed E-state index contributed by atoms with van der Waals surface area (Å²) in [5.74, 6) is -0.849. The second-order valence-corrected chi connectivity index (χ2v) is 5.39. The lowest BCUT2D eigenvalue weighted by molar-refractivity contribution is -0.115. The number of halogens is 2. The van der Waals surface area contributed by atoms with E-state index in [2.05, 4.69) is 26.4 Å². The Kier molecular flexibility index (Phi) is 3.70. The maximum atomic E-state index is 13.7. The number of para-hydroxylation sites is 1. The summed E-state index contributed by atoms with van der Waals surface area (Å²) in [6.07, 6.45) is 0.0204. The largest absolute Gasteiger partial charge is 0.356 e. The molecule has 0 bridgehead atoms. The van der Waals surface area contributed by atoms with Crippen LogP contribution in [0, 0.1) is 5.82 Å². The number of carbonyl (C=O) groups is 1. The zero-order valence-corrected chi connectivity index (χ0v) is 12.4. The first-order valence-corrected chi connectivity index (χ1v) is 7.01. The third kappa shape index (κ3) is 2.95. The molecule has 0 unspecified atom stereocenters. The summed E-state index contributed by atoms with van der Waals surface area (Å²) >= 11 is 3.16. The van der Waals surface area contributed by atoms with Gasteiger partial charge in [0.2, 0.25) is 5.91 Å². The number of benzene rings is 2. The molecule has 0 spiro atoms. The molecule has 2 aromatic carbocycles. The van der Waals surface area contributed by atoms with Crippen LogP contribution in [0.5, 0.6) is 0 Å². The van der Waals surface area contributed by atoms with E-state index in [0.717, 1.165) is 5.39 Å². The lowest BCUT2D eigenvalue weighted by atomic mass is 10.1. The first-order valence-electron chi connectivity index (χ1n) is 6.21. The minimum Gasteiger partial charge on any atom is -0.356 e. The van der Waals surface area contributed by atoms with Crippen LogP contribution in [0.15, 0.2) is 51.5 Å². The molecule has 0 saturated carbocycles. The summed E-state index contributed by atoms with van der Waals surface area (Å²) in [6, 6.07) is 11.7. The van der Waals surface area contributed by atoms with E-state index >= 15 is 0 Å². The van der Waals surface area contributed by atoms with Crippen molar-refractivity contribution in [3.05, 3.63) is 58.4 Å².